The number of rotatable bonds is 14. The Balaban J connectivity index is 1.61. The summed E-state index contributed by atoms with van der Waals surface area (Å²) in [6.45, 7) is 3.03. The van der Waals surface area contributed by atoms with Gasteiger partial charge in [0.15, 0.2) is 9.84 Å². The first-order chi connectivity index (χ1) is 21.3. The van der Waals surface area contributed by atoms with Crippen LogP contribution >= 0.6 is 0 Å². The molecule has 0 saturated carbocycles. The van der Waals surface area contributed by atoms with Gasteiger partial charge in [-0.1, -0.05) is 60.7 Å². The third-order valence-corrected chi connectivity index (χ3v) is 11.2. The molecule has 12 heteroatoms. The summed E-state index contributed by atoms with van der Waals surface area (Å²) in [5, 5.41) is 11.6. The number of nitrogens with zero attached hydrogens (tertiary/aromatic N) is 1. The minimum atomic E-state index is -3.43. The number of carbonyl (C=O) groups is 2. The number of hydrogen-bond donors (Lipinski definition) is 2. The van der Waals surface area contributed by atoms with Gasteiger partial charge in [0.2, 0.25) is 0 Å². The zero-order chi connectivity index (χ0) is 32.8. The Bertz CT molecular complexity index is 1730. The normalized spacial score (nSPS) is 18.0. The predicted octanol–water partition coefficient (Wildman–Crippen LogP) is 3.48. The van der Waals surface area contributed by atoms with E-state index in [4.69, 9.17) is 4.74 Å². The van der Waals surface area contributed by atoms with Crippen molar-refractivity contribution in [3.63, 3.8) is 0 Å². The number of aliphatic carboxylic acids is 1. The Morgan fingerprint density at radius 2 is 1.67 bits per heavy atom. The Kier molecular flexibility index (Phi) is 11.2. The molecular formula is C33H40N2O8S2. The van der Waals surface area contributed by atoms with Gasteiger partial charge in [0.1, 0.15) is 15.9 Å². The molecule has 1 saturated heterocycles. The van der Waals surface area contributed by atoms with Crippen LogP contribution in [0.4, 0.5) is 0 Å². The van der Waals surface area contributed by atoms with Crippen molar-refractivity contribution < 1.29 is 36.3 Å². The van der Waals surface area contributed by atoms with E-state index in [-0.39, 0.29) is 29.5 Å². The molecule has 3 aromatic rings. The second-order valence-corrected chi connectivity index (χ2v) is 16.2. The summed E-state index contributed by atoms with van der Waals surface area (Å²) in [4.78, 5) is 27.4. The summed E-state index contributed by atoms with van der Waals surface area (Å²) in [6.07, 6.45) is 1.20. The van der Waals surface area contributed by atoms with Gasteiger partial charge in [-0.2, -0.15) is 0 Å². The van der Waals surface area contributed by atoms with Gasteiger partial charge in [-0.05, 0) is 59.7 Å². The van der Waals surface area contributed by atoms with Gasteiger partial charge in [-0.25, -0.2) is 21.6 Å². The van der Waals surface area contributed by atoms with Crippen molar-refractivity contribution in [3.8, 4) is 11.1 Å². The number of amides is 1. The highest BCUT2D eigenvalue weighted by molar-refractivity contribution is 7.91. The van der Waals surface area contributed by atoms with Crippen LogP contribution in [-0.4, -0.2) is 88.3 Å². The fourth-order valence-corrected chi connectivity index (χ4v) is 8.22. The summed E-state index contributed by atoms with van der Waals surface area (Å²) in [5.41, 5.74) is 4.12. The summed E-state index contributed by atoms with van der Waals surface area (Å²) in [7, 11) is -5.27. The van der Waals surface area contributed by atoms with Crippen LogP contribution in [0, 0.1) is 6.92 Å². The van der Waals surface area contributed by atoms with Crippen LogP contribution in [0.3, 0.4) is 0 Å². The standard InChI is InChI=1S/C33H40N2O8S2/c1-23-9-7-8-12-28(23)30-17-25(13-14-29(30)32(36)34-31(33(37)38)15-16-44(3,39)40)19-35-20-27(18-26(35)21-43-2)45(41,42)22-24-10-5-4-6-11-24/h4-14,17,26-27,31H,15-16,18-22H2,1-3H3,(H,34,36)(H,37,38)/t26-,27+,31-/m0/s1. The van der Waals surface area contributed by atoms with Gasteiger partial charge < -0.3 is 15.2 Å². The molecule has 1 heterocycles. The molecule has 0 unspecified atom stereocenters. The van der Waals surface area contributed by atoms with E-state index in [0.29, 0.717) is 31.7 Å². The van der Waals surface area contributed by atoms with Gasteiger partial charge in [-0.3, -0.25) is 9.69 Å². The van der Waals surface area contributed by atoms with Crippen LogP contribution in [0.25, 0.3) is 11.1 Å². The Morgan fingerprint density at radius 3 is 2.31 bits per heavy atom. The Labute approximate surface area is 265 Å². The van der Waals surface area contributed by atoms with E-state index < -0.39 is 42.8 Å². The van der Waals surface area contributed by atoms with Gasteiger partial charge >= 0.3 is 5.97 Å². The lowest BCUT2D eigenvalue weighted by molar-refractivity contribution is -0.139. The van der Waals surface area contributed by atoms with Crippen LogP contribution in [0.15, 0.2) is 72.8 Å². The summed E-state index contributed by atoms with van der Waals surface area (Å²) >= 11 is 0. The van der Waals surface area contributed by atoms with Crippen molar-refractivity contribution in [3.05, 3.63) is 95.1 Å². The number of aryl methyl sites for hydroxylation is 1. The predicted molar refractivity (Wildman–Crippen MR) is 173 cm³/mol. The molecule has 2 N–H and O–H groups in total. The molecule has 1 aliphatic rings. The van der Waals surface area contributed by atoms with Crippen LogP contribution in [0.1, 0.15) is 39.9 Å². The van der Waals surface area contributed by atoms with E-state index in [1.165, 1.54) is 0 Å². The lowest BCUT2D eigenvalue weighted by Crippen LogP contribution is -2.42. The van der Waals surface area contributed by atoms with Crippen molar-refractivity contribution in [1.29, 1.82) is 0 Å². The highest BCUT2D eigenvalue weighted by atomic mass is 32.2. The fourth-order valence-electron chi connectivity index (χ4n) is 5.73. The molecule has 242 valence electrons. The molecule has 3 atom stereocenters. The zero-order valence-electron chi connectivity index (χ0n) is 25.7. The van der Waals surface area contributed by atoms with Crippen molar-refractivity contribution in [2.45, 2.75) is 49.4 Å². The quantitative estimate of drug-likeness (QED) is 0.266. The molecule has 10 nitrogen and oxygen atoms in total. The molecule has 1 aliphatic heterocycles. The molecule has 0 radical (unpaired) electrons. The minimum absolute atomic E-state index is 0.0329. The van der Waals surface area contributed by atoms with E-state index >= 15 is 0 Å². The Hall–Kier alpha value is -3.58. The first-order valence-corrected chi connectivity index (χ1v) is 18.4. The molecule has 4 rings (SSSR count). The molecule has 0 aromatic heterocycles. The maximum absolute atomic E-state index is 13.5. The zero-order valence-corrected chi connectivity index (χ0v) is 27.3. The van der Waals surface area contributed by atoms with Crippen LogP contribution in [0.5, 0.6) is 0 Å². The van der Waals surface area contributed by atoms with Gasteiger partial charge in [0.05, 0.1) is 23.4 Å². The molecule has 1 fully saturated rings. The number of hydrogen-bond acceptors (Lipinski definition) is 8. The molecule has 45 heavy (non-hydrogen) atoms. The van der Waals surface area contributed by atoms with E-state index in [2.05, 4.69) is 10.2 Å². The highest BCUT2D eigenvalue weighted by Gasteiger charge is 2.39. The van der Waals surface area contributed by atoms with E-state index in [0.717, 1.165) is 28.5 Å². The second-order valence-electron chi connectivity index (χ2n) is 11.7. The maximum Gasteiger partial charge on any atom is 0.326 e. The molecule has 1 amide bonds. The number of carbonyl (C=O) groups excluding carboxylic acids is 1. The second kappa shape index (κ2) is 14.7. The van der Waals surface area contributed by atoms with E-state index in [1.54, 1.807) is 19.2 Å². The van der Waals surface area contributed by atoms with E-state index in [1.807, 2.05) is 67.6 Å². The summed E-state index contributed by atoms with van der Waals surface area (Å²) < 4.78 is 55.5. The van der Waals surface area contributed by atoms with Gasteiger partial charge in [-0.15, -0.1) is 0 Å². The number of sulfone groups is 2. The number of likely N-dealkylation sites (tertiary alicyclic amines) is 1. The van der Waals surface area contributed by atoms with Crippen molar-refractivity contribution in [2.24, 2.45) is 0 Å². The van der Waals surface area contributed by atoms with Crippen molar-refractivity contribution in [2.75, 3.05) is 32.3 Å². The molecule has 0 bridgehead atoms. The monoisotopic (exact) mass is 656 g/mol. The molecule has 3 aromatic carbocycles. The highest BCUT2D eigenvalue weighted by Crippen LogP contribution is 2.31. The molecule has 0 spiro atoms. The largest absolute Gasteiger partial charge is 0.480 e. The van der Waals surface area contributed by atoms with Crippen LogP contribution < -0.4 is 5.32 Å². The topological polar surface area (TPSA) is 147 Å². The maximum atomic E-state index is 13.5. The number of carboxylic acids is 1. The molecular weight excluding hydrogens is 617 g/mol. The smallest absolute Gasteiger partial charge is 0.326 e. The summed E-state index contributed by atoms with van der Waals surface area (Å²) in [6, 6.07) is 20.4. The van der Waals surface area contributed by atoms with E-state index in [9.17, 15) is 31.5 Å². The number of benzene rings is 3. The first-order valence-electron chi connectivity index (χ1n) is 14.7. The number of methoxy groups -OCH3 is 1. The minimum Gasteiger partial charge on any atom is -0.480 e. The average molecular weight is 657 g/mol. The van der Waals surface area contributed by atoms with Crippen molar-refractivity contribution in [1.82, 2.24) is 10.2 Å². The fraction of sp³-hybridized carbons (Fsp3) is 0.394. The lowest BCUT2D eigenvalue weighted by Gasteiger charge is -2.24. The summed E-state index contributed by atoms with van der Waals surface area (Å²) in [5.74, 6) is -2.37. The van der Waals surface area contributed by atoms with Gasteiger partial charge in [0.25, 0.3) is 5.91 Å². The lowest BCUT2D eigenvalue weighted by atomic mass is 9.93. The first kappa shape index (κ1) is 34.3. The number of ether oxygens (including phenoxy) is 1. The third kappa shape index (κ3) is 9.23. The van der Waals surface area contributed by atoms with Crippen LogP contribution in [-0.2, 0) is 41.5 Å². The Morgan fingerprint density at radius 1 is 0.978 bits per heavy atom. The van der Waals surface area contributed by atoms with Gasteiger partial charge in [0, 0.05) is 38.1 Å². The van der Waals surface area contributed by atoms with Crippen molar-refractivity contribution >= 4 is 31.6 Å². The molecule has 0 aliphatic carbocycles. The average Bonchev–Trinajstić information content (AvgIpc) is 3.38. The number of nitrogens with one attached hydrogen (secondary N) is 1. The number of carboxylic acid groups (broad SMARTS) is 1. The third-order valence-electron chi connectivity index (χ3n) is 8.10. The van der Waals surface area contributed by atoms with Crippen LogP contribution in [0.2, 0.25) is 0 Å². The SMILES string of the molecule is COC[C@@H]1C[C@@H](S(=O)(=O)Cc2ccccc2)CN1Cc1ccc(C(=O)N[C@@H](CCS(C)(=O)=O)C(=O)O)c(-c2ccccc2C)c1.